The summed E-state index contributed by atoms with van der Waals surface area (Å²) in [4.78, 5) is 14.2. The van der Waals surface area contributed by atoms with Crippen molar-refractivity contribution in [2.24, 2.45) is 0 Å². The fraction of sp³-hybridized carbons (Fsp3) is 0.389. The van der Waals surface area contributed by atoms with Gasteiger partial charge in [-0.2, -0.15) is 0 Å². The molecule has 0 saturated carbocycles. The third kappa shape index (κ3) is 2.98. The van der Waals surface area contributed by atoms with Gasteiger partial charge in [0.25, 0.3) is 0 Å². The van der Waals surface area contributed by atoms with E-state index < -0.39 is 5.79 Å². The average molecular weight is 285 g/mol. The second-order valence-electron chi connectivity index (χ2n) is 5.76. The van der Waals surface area contributed by atoms with E-state index in [1.165, 1.54) is 6.42 Å². The highest BCUT2D eigenvalue weighted by Gasteiger charge is 2.36. The first-order valence-electron chi connectivity index (χ1n) is 7.62. The Bertz CT molecular complexity index is 572. The standard InChI is InChI=1S/C18H20FNO/c19-18(20-13-5-2-6-14-20)11-9-16(10-12-18)17(21)15-7-3-1-4-8-15/h1,3-4,7-11H,2,5-6,12-14H2. The van der Waals surface area contributed by atoms with Crippen LogP contribution in [0.2, 0.25) is 0 Å². The Kier molecular flexibility index (Phi) is 4.02. The number of nitrogens with zero attached hydrogens (tertiary/aromatic N) is 1. The van der Waals surface area contributed by atoms with E-state index in [2.05, 4.69) is 0 Å². The maximum atomic E-state index is 15.0. The summed E-state index contributed by atoms with van der Waals surface area (Å²) in [5, 5.41) is 0. The number of carbonyl (C=O) groups is 1. The molecule has 110 valence electrons. The highest BCUT2D eigenvalue weighted by atomic mass is 19.1. The van der Waals surface area contributed by atoms with Gasteiger partial charge in [0.1, 0.15) is 0 Å². The van der Waals surface area contributed by atoms with Crippen molar-refractivity contribution in [3.8, 4) is 0 Å². The molecule has 1 aromatic rings. The summed E-state index contributed by atoms with van der Waals surface area (Å²) in [7, 11) is 0. The van der Waals surface area contributed by atoms with E-state index in [0.29, 0.717) is 11.1 Å². The SMILES string of the molecule is O=C(C1=CCC(F)(N2CCCCC2)C=C1)c1ccccc1. The van der Waals surface area contributed by atoms with Crippen LogP contribution < -0.4 is 0 Å². The molecule has 0 N–H and O–H groups in total. The second kappa shape index (κ2) is 5.94. The van der Waals surface area contributed by atoms with Crippen molar-refractivity contribution in [1.29, 1.82) is 0 Å². The van der Waals surface area contributed by atoms with Crippen molar-refractivity contribution >= 4 is 5.78 Å². The van der Waals surface area contributed by atoms with Crippen molar-refractivity contribution in [1.82, 2.24) is 4.90 Å². The maximum Gasteiger partial charge on any atom is 0.192 e. The van der Waals surface area contributed by atoms with Crippen molar-refractivity contribution in [3.05, 3.63) is 59.7 Å². The summed E-state index contributed by atoms with van der Waals surface area (Å²) in [6.45, 7) is 1.60. The minimum absolute atomic E-state index is 0.0347. The summed E-state index contributed by atoms with van der Waals surface area (Å²) < 4.78 is 15.0. The first kappa shape index (κ1) is 14.2. The van der Waals surface area contributed by atoms with Crippen LogP contribution in [0.5, 0.6) is 0 Å². The molecule has 1 aromatic carbocycles. The van der Waals surface area contributed by atoms with Gasteiger partial charge in [-0.05, 0) is 18.9 Å². The highest BCUT2D eigenvalue weighted by Crippen LogP contribution is 2.32. The molecule has 2 nitrogen and oxygen atoms in total. The molecule has 1 atom stereocenters. The van der Waals surface area contributed by atoms with Gasteiger partial charge in [0.15, 0.2) is 11.6 Å². The largest absolute Gasteiger partial charge is 0.289 e. The fourth-order valence-electron chi connectivity index (χ4n) is 3.03. The van der Waals surface area contributed by atoms with Crippen LogP contribution >= 0.6 is 0 Å². The Morgan fingerprint density at radius 1 is 1.10 bits per heavy atom. The van der Waals surface area contributed by atoms with Crippen LogP contribution in [0.3, 0.4) is 0 Å². The molecule has 0 aromatic heterocycles. The predicted octanol–water partition coefficient (Wildman–Crippen LogP) is 3.91. The van der Waals surface area contributed by atoms with E-state index in [9.17, 15) is 9.18 Å². The summed E-state index contributed by atoms with van der Waals surface area (Å²) >= 11 is 0. The van der Waals surface area contributed by atoms with Crippen molar-refractivity contribution in [2.45, 2.75) is 31.5 Å². The Morgan fingerprint density at radius 3 is 2.43 bits per heavy atom. The van der Waals surface area contributed by atoms with Crippen molar-refractivity contribution in [2.75, 3.05) is 13.1 Å². The smallest absolute Gasteiger partial charge is 0.192 e. The highest BCUT2D eigenvalue weighted by molar-refractivity contribution is 6.10. The summed E-state index contributed by atoms with van der Waals surface area (Å²) in [6, 6.07) is 9.14. The zero-order valence-corrected chi connectivity index (χ0v) is 12.1. The number of rotatable bonds is 3. The molecule has 3 rings (SSSR count). The monoisotopic (exact) mass is 285 g/mol. The lowest BCUT2D eigenvalue weighted by Gasteiger charge is -2.38. The Labute approximate surface area is 125 Å². The molecule has 1 heterocycles. The zero-order chi connectivity index (χ0) is 14.7. The van der Waals surface area contributed by atoms with Crippen LogP contribution in [0.25, 0.3) is 0 Å². The van der Waals surface area contributed by atoms with Crippen molar-refractivity contribution < 1.29 is 9.18 Å². The molecule has 1 saturated heterocycles. The normalized spacial score (nSPS) is 26.4. The number of hydrogen-bond donors (Lipinski definition) is 0. The van der Waals surface area contributed by atoms with Gasteiger partial charge in [-0.1, -0.05) is 48.9 Å². The molecule has 1 aliphatic heterocycles. The molecule has 0 amide bonds. The van der Waals surface area contributed by atoms with Crippen LogP contribution in [-0.4, -0.2) is 29.6 Å². The molecule has 1 fully saturated rings. The molecule has 0 spiro atoms. The summed E-state index contributed by atoms with van der Waals surface area (Å²) in [6.07, 6.45) is 8.51. The maximum absolute atomic E-state index is 15.0. The van der Waals surface area contributed by atoms with Crippen LogP contribution in [0, 0.1) is 0 Å². The third-order valence-corrected chi connectivity index (χ3v) is 4.31. The second-order valence-corrected chi connectivity index (χ2v) is 5.76. The van der Waals surface area contributed by atoms with E-state index in [-0.39, 0.29) is 12.2 Å². The minimum Gasteiger partial charge on any atom is -0.289 e. The molecular formula is C18H20FNO. The number of Topliss-reactive ketones (excluding diaryl/α,β-unsaturated/α-hetero) is 1. The molecule has 3 heteroatoms. The van der Waals surface area contributed by atoms with Gasteiger partial charge in [0, 0.05) is 30.6 Å². The quantitative estimate of drug-likeness (QED) is 0.620. The zero-order valence-electron chi connectivity index (χ0n) is 12.1. The van der Waals surface area contributed by atoms with Crippen LogP contribution in [-0.2, 0) is 0 Å². The topological polar surface area (TPSA) is 20.3 Å². The predicted molar refractivity (Wildman–Crippen MR) is 81.9 cm³/mol. The molecule has 1 unspecified atom stereocenters. The van der Waals surface area contributed by atoms with Crippen LogP contribution in [0.15, 0.2) is 54.1 Å². The molecule has 2 aliphatic rings. The lowest BCUT2D eigenvalue weighted by molar-refractivity contribution is -0.00345. The third-order valence-electron chi connectivity index (χ3n) is 4.31. The van der Waals surface area contributed by atoms with Gasteiger partial charge in [0.2, 0.25) is 0 Å². The van der Waals surface area contributed by atoms with Gasteiger partial charge in [-0.25, -0.2) is 4.39 Å². The summed E-state index contributed by atoms with van der Waals surface area (Å²) in [5.74, 6) is -1.45. The van der Waals surface area contributed by atoms with E-state index in [1.54, 1.807) is 30.4 Å². The number of hydrogen-bond acceptors (Lipinski definition) is 2. The van der Waals surface area contributed by atoms with Crippen LogP contribution in [0.4, 0.5) is 4.39 Å². The van der Waals surface area contributed by atoms with E-state index in [1.807, 2.05) is 23.1 Å². The van der Waals surface area contributed by atoms with Gasteiger partial charge in [-0.15, -0.1) is 0 Å². The first-order valence-corrected chi connectivity index (χ1v) is 7.62. The molecule has 0 bridgehead atoms. The molecule has 21 heavy (non-hydrogen) atoms. The van der Waals surface area contributed by atoms with Gasteiger partial charge in [-0.3, -0.25) is 9.69 Å². The van der Waals surface area contributed by atoms with Crippen LogP contribution in [0.1, 0.15) is 36.0 Å². The molecule has 0 radical (unpaired) electrons. The van der Waals surface area contributed by atoms with E-state index in [0.717, 1.165) is 25.9 Å². The average Bonchev–Trinajstić information content (AvgIpc) is 2.57. The number of carbonyl (C=O) groups excluding carboxylic acids is 1. The summed E-state index contributed by atoms with van der Waals surface area (Å²) in [5.41, 5.74) is 1.24. The number of piperidine rings is 1. The van der Waals surface area contributed by atoms with E-state index in [4.69, 9.17) is 0 Å². The molecular weight excluding hydrogens is 265 g/mol. The Balaban J connectivity index is 1.72. The number of likely N-dealkylation sites (tertiary alicyclic amines) is 1. The van der Waals surface area contributed by atoms with Gasteiger partial charge >= 0.3 is 0 Å². The Hall–Kier alpha value is -1.74. The lowest BCUT2D eigenvalue weighted by Crippen LogP contribution is -2.47. The van der Waals surface area contributed by atoms with Gasteiger partial charge in [0.05, 0.1) is 0 Å². The number of alkyl halides is 1. The first-order chi connectivity index (χ1) is 10.2. The number of benzene rings is 1. The number of allylic oxidation sites excluding steroid dienone is 2. The fourth-order valence-corrected chi connectivity index (χ4v) is 3.03. The van der Waals surface area contributed by atoms with Crippen molar-refractivity contribution in [3.63, 3.8) is 0 Å². The van der Waals surface area contributed by atoms with E-state index >= 15 is 0 Å². The Morgan fingerprint density at radius 2 is 1.81 bits per heavy atom. The van der Waals surface area contributed by atoms with Gasteiger partial charge < -0.3 is 0 Å². The number of ketones is 1. The lowest BCUT2D eigenvalue weighted by atomic mass is 9.93. The minimum atomic E-state index is -1.42. The number of halogens is 1. The molecule has 1 aliphatic carbocycles.